The summed E-state index contributed by atoms with van der Waals surface area (Å²) in [5.41, 5.74) is 0.522. The van der Waals surface area contributed by atoms with Crippen molar-refractivity contribution in [1.29, 1.82) is 0 Å². The molecule has 0 radical (unpaired) electrons. The molecule has 1 heteroatoms. The number of hydrogen-bond acceptors (Lipinski definition) is 0. The molecule has 1 saturated carbocycles. The summed E-state index contributed by atoms with van der Waals surface area (Å²) in [6.07, 6.45) is 5.51. The zero-order valence-electron chi connectivity index (χ0n) is 9.44. The lowest BCUT2D eigenvalue weighted by Gasteiger charge is -2.41. The molecule has 0 saturated heterocycles. The minimum atomic E-state index is 0.522. The van der Waals surface area contributed by atoms with Crippen LogP contribution in [0.3, 0.4) is 0 Å². The Morgan fingerprint density at radius 1 is 1.31 bits per heavy atom. The van der Waals surface area contributed by atoms with E-state index in [-0.39, 0.29) is 0 Å². The number of halogens is 1. The molecule has 0 nitrogen and oxygen atoms in total. The predicted molar refractivity (Wildman–Crippen MR) is 63.3 cm³/mol. The maximum Gasteiger partial charge on any atom is 0.0181 e. The summed E-state index contributed by atoms with van der Waals surface area (Å²) in [7, 11) is 0. The van der Waals surface area contributed by atoms with Gasteiger partial charge in [-0.1, -0.05) is 56.5 Å². The van der Waals surface area contributed by atoms with Gasteiger partial charge in [-0.2, -0.15) is 0 Å². The van der Waals surface area contributed by atoms with Gasteiger partial charge in [-0.15, -0.1) is 0 Å². The minimum Gasteiger partial charge on any atom is -0.0887 e. The number of hydrogen-bond donors (Lipinski definition) is 0. The number of alkyl halides is 1. The smallest absolute Gasteiger partial charge is 0.0181 e. The van der Waals surface area contributed by atoms with Crippen LogP contribution in [0.4, 0.5) is 0 Å². The molecular weight excluding hydrogens is 224 g/mol. The van der Waals surface area contributed by atoms with Gasteiger partial charge in [0.1, 0.15) is 0 Å². The summed E-state index contributed by atoms with van der Waals surface area (Å²) < 4.78 is 0. The first-order valence-electron chi connectivity index (χ1n) is 5.61. The van der Waals surface area contributed by atoms with E-state index in [0.29, 0.717) is 5.41 Å². The highest BCUT2D eigenvalue weighted by Crippen LogP contribution is 2.44. The molecule has 3 atom stereocenters. The average Bonchev–Trinajstić information content (AvgIpc) is 2.03. The molecule has 3 unspecified atom stereocenters. The molecule has 0 aromatic carbocycles. The van der Waals surface area contributed by atoms with E-state index in [4.69, 9.17) is 0 Å². The first-order valence-corrected chi connectivity index (χ1v) is 6.53. The highest BCUT2D eigenvalue weighted by atomic mass is 79.9. The van der Waals surface area contributed by atoms with E-state index in [2.05, 4.69) is 43.6 Å². The fraction of sp³-hybridized carbons (Fsp3) is 1.00. The van der Waals surface area contributed by atoms with Crippen LogP contribution in [0.5, 0.6) is 0 Å². The van der Waals surface area contributed by atoms with Crippen LogP contribution in [-0.4, -0.2) is 4.83 Å². The monoisotopic (exact) mass is 246 g/mol. The van der Waals surface area contributed by atoms with Crippen molar-refractivity contribution in [2.45, 2.75) is 58.2 Å². The van der Waals surface area contributed by atoms with Crippen LogP contribution in [0.15, 0.2) is 0 Å². The Hall–Kier alpha value is 0.480. The van der Waals surface area contributed by atoms with Gasteiger partial charge in [-0.05, 0) is 30.1 Å². The van der Waals surface area contributed by atoms with Crippen molar-refractivity contribution in [2.24, 2.45) is 17.3 Å². The van der Waals surface area contributed by atoms with Crippen LogP contribution < -0.4 is 0 Å². The van der Waals surface area contributed by atoms with Crippen LogP contribution in [0.2, 0.25) is 0 Å². The number of rotatable bonds is 2. The van der Waals surface area contributed by atoms with Crippen LogP contribution in [0.25, 0.3) is 0 Å². The third kappa shape index (κ3) is 2.71. The van der Waals surface area contributed by atoms with Crippen molar-refractivity contribution in [1.82, 2.24) is 0 Å². The van der Waals surface area contributed by atoms with E-state index < -0.39 is 0 Å². The molecule has 0 amide bonds. The fourth-order valence-electron chi connectivity index (χ4n) is 2.45. The molecule has 1 fully saturated rings. The van der Waals surface area contributed by atoms with Crippen molar-refractivity contribution in [3.63, 3.8) is 0 Å². The molecule has 0 aromatic heterocycles. The fourth-order valence-corrected chi connectivity index (χ4v) is 4.07. The Morgan fingerprint density at radius 2 is 1.92 bits per heavy atom. The van der Waals surface area contributed by atoms with Gasteiger partial charge in [0.15, 0.2) is 0 Å². The molecule has 0 spiro atoms. The van der Waals surface area contributed by atoms with Gasteiger partial charge in [0.05, 0.1) is 0 Å². The molecule has 0 aromatic rings. The summed E-state index contributed by atoms with van der Waals surface area (Å²) in [6, 6.07) is 0. The summed E-state index contributed by atoms with van der Waals surface area (Å²) >= 11 is 3.87. The van der Waals surface area contributed by atoms with E-state index in [1.807, 2.05) is 0 Å². The summed E-state index contributed by atoms with van der Waals surface area (Å²) in [6.45, 7) is 9.53. The molecular formula is C12H23Br. The van der Waals surface area contributed by atoms with Crippen LogP contribution in [0.1, 0.15) is 53.4 Å². The van der Waals surface area contributed by atoms with E-state index in [1.165, 1.54) is 25.7 Å². The van der Waals surface area contributed by atoms with Crippen LogP contribution in [-0.2, 0) is 0 Å². The molecule has 13 heavy (non-hydrogen) atoms. The van der Waals surface area contributed by atoms with Gasteiger partial charge in [0, 0.05) is 4.83 Å². The second-order valence-electron chi connectivity index (χ2n) is 5.38. The molecule has 0 N–H and O–H groups in total. The molecule has 0 bridgehead atoms. The second-order valence-corrected chi connectivity index (χ2v) is 6.56. The third-order valence-electron chi connectivity index (χ3n) is 3.95. The van der Waals surface area contributed by atoms with Crippen LogP contribution >= 0.6 is 15.9 Å². The predicted octanol–water partition coefficient (Wildman–Crippen LogP) is 4.62. The highest BCUT2D eigenvalue weighted by molar-refractivity contribution is 9.09. The maximum absolute atomic E-state index is 3.87. The Bertz CT molecular complexity index is 163. The minimum absolute atomic E-state index is 0.522. The van der Waals surface area contributed by atoms with E-state index in [9.17, 15) is 0 Å². The third-order valence-corrected chi connectivity index (χ3v) is 4.96. The van der Waals surface area contributed by atoms with E-state index in [1.54, 1.807) is 0 Å². The first-order chi connectivity index (χ1) is 5.97. The normalized spacial score (nSPS) is 36.2. The Kier molecular flexibility index (Phi) is 3.85. The van der Waals surface area contributed by atoms with Gasteiger partial charge in [0.25, 0.3) is 0 Å². The lowest BCUT2D eigenvalue weighted by atomic mass is 9.68. The van der Waals surface area contributed by atoms with Gasteiger partial charge in [-0.25, -0.2) is 0 Å². The van der Waals surface area contributed by atoms with Crippen molar-refractivity contribution < 1.29 is 0 Å². The molecule has 78 valence electrons. The maximum atomic E-state index is 3.87. The molecule has 0 heterocycles. The van der Waals surface area contributed by atoms with Crippen molar-refractivity contribution in [3.05, 3.63) is 0 Å². The standard InChI is InChI=1S/C12H23Br/c1-5-12(3,4)10-7-6-9(2)8-11(10)13/h9-11H,5-8H2,1-4H3. The topological polar surface area (TPSA) is 0 Å². The van der Waals surface area contributed by atoms with Gasteiger partial charge in [-0.3, -0.25) is 0 Å². The Morgan fingerprint density at radius 3 is 2.38 bits per heavy atom. The zero-order chi connectivity index (χ0) is 10.1. The quantitative estimate of drug-likeness (QED) is 0.624. The van der Waals surface area contributed by atoms with Crippen molar-refractivity contribution in [3.8, 4) is 0 Å². The molecule has 1 aliphatic carbocycles. The molecule has 0 aliphatic heterocycles. The Labute approximate surface area is 91.6 Å². The van der Waals surface area contributed by atoms with Crippen molar-refractivity contribution in [2.75, 3.05) is 0 Å². The van der Waals surface area contributed by atoms with Gasteiger partial charge in [0.2, 0.25) is 0 Å². The Balaban J connectivity index is 2.60. The zero-order valence-corrected chi connectivity index (χ0v) is 11.0. The van der Waals surface area contributed by atoms with Crippen molar-refractivity contribution >= 4 is 15.9 Å². The summed E-state index contributed by atoms with van der Waals surface area (Å²) in [5, 5.41) is 0. The molecule has 1 aliphatic rings. The largest absolute Gasteiger partial charge is 0.0887 e. The van der Waals surface area contributed by atoms with Gasteiger partial charge < -0.3 is 0 Å². The highest BCUT2D eigenvalue weighted by Gasteiger charge is 2.36. The summed E-state index contributed by atoms with van der Waals surface area (Å²) in [5.74, 6) is 1.81. The SMILES string of the molecule is CCC(C)(C)C1CCC(C)CC1Br. The first kappa shape index (κ1) is 11.6. The average molecular weight is 247 g/mol. The molecule has 1 rings (SSSR count). The summed E-state index contributed by atoms with van der Waals surface area (Å²) in [4.78, 5) is 0.756. The van der Waals surface area contributed by atoms with E-state index >= 15 is 0 Å². The second kappa shape index (κ2) is 4.33. The lowest BCUT2D eigenvalue weighted by Crippen LogP contribution is -2.35. The van der Waals surface area contributed by atoms with Crippen LogP contribution in [0, 0.1) is 17.3 Å². The van der Waals surface area contributed by atoms with E-state index in [0.717, 1.165) is 16.7 Å². The lowest BCUT2D eigenvalue weighted by molar-refractivity contribution is 0.142. The van der Waals surface area contributed by atoms with Gasteiger partial charge >= 0.3 is 0 Å².